The lowest BCUT2D eigenvalue weighted by Crippen LogP contribution is -2.28. The molecule has 0 radical (unpaired) electrons. The largest absolute Gasteiger partial charge is 0.487 e. The lowest BCUT2D eigenvalue weighted by Gasteiger charge is -2.26. The molecule has 0 saturated heterocycles. The summed E-state index contributed by atoms with van der Waals surface area (Å²) >= 11 is 0. The summed E-state index contributed by atoms with van der Waals surface area (Å²) < 4.78 is 18.8. The van der Waals surface area contributed by atoms with E-state index in [4.69, 9.17) is 15.7 Å². The number of oxime groups is 1. The Kier molecular flexibility index (Phi) is 3.93. The SMILES string of the molecule is CCC(C)(C)Oc1ccc(F)cc1C(N)=NO. The van der Waals surface area contributed by atoms with Crippen molar-refractivity contribution < 1.29 is 14.3 Å². The molecule has 0 aliphatic heterocycles. The summed E-state index contributed by atoms with van der Waals surface area (Å²) in [5.41, 5.74) is 5.32. The highest BCUT2D eigenvalue weighted by Gasteiger charge is 2.20. The first kappa shape index (κ1) is 13.3. The molecule has 0 heterocycles. The van der Waals surface area contributed by atoms with Crippen molar-refractivity contribution in [2.75, 3.05) is 0 Å². The van der Waals surface area contributed by atoms with Crippen LogP contribution in [-0.4, -0.2) is 16.6 Å². The molecule has 0 amide bonds. The monoisotopic (exact) mass is 240 g/mol. The Balaban J connectivity index is 3.15. The van der Waals surface area contributed by atoms with E-state index in [2.05, 4.69) is 5.16 Å². The van der Waals surface area contributed by atoms with Crippen molar-refractivity contribution in [1.29, 1.82) is 0 Å². The van der Waals surface area contributed by atoms with Gasteiger partial charge in [-0.3, -0.25) is 0 Å². The fourth-order valence-electron chi connectivity index (χ4n) is 1.22. The van der Waals surface area contributed by atoms with Crippen LogP contribution in [0.3, 0.4) is 0 Å². The minimum atomic E-state index is -0.465. The average Bonchev–Trinajstić information content (AvgIpc) is 2.30. The average molecular weight is 240 g/mol. The summed E-state index contributed by atoms with van der Waals surface area (Å²) in [7, 11) is 0. The van der Waals surface area contributed by atoms with Crippen LogP contribution in [0.15, 0.2) is 23.4 Å². The van der Waals surface area contributed by atoms with Gasteiger partial charge in [0.25, 0.3) is 0 Å². The quantitative estimate of drug-likeness (QED) is 0.368. The number of benzene rings is 1. The standard InChI is InChI=1S/C12H17FN2O2/c1-4-12(2,3)17-10-6-5-8(13)7-9(10)11(14)15-16/h5-7,16H,4H2,1-3H3,(H2,14,15). The normalized spacial score (nSPS) is 12.6. The van der Waals surface area contributed by atoms with Crippen LogP contribution in [-0.2, 0) is 0 Å². The van der Waals surface area contributed by atoms with Crippen LogP contribution >= 0.6 is 0 Å². The van der Waals surface area contributed by atoms with E-state index in [9.17, 15) is 4.39 Å². The predicted molar refractivity (Wildman–Crippen MR) is 63.9 cm³/mol. The van der Waals surface area contributed by atoms with E-state index in [1.807, 2.05) is 20.8 Å². The fourth-order valence-corrected chi connectivity index (χ4v) is 1.22. The van der Waals surface area contributed by atoms with E-state index in [1.165, 1.54) is 18.2 Å². The molecule has 0 atom stereocenters. The molecule has 17 heavy (non-hydrogen) atoms. The molecule has 0 bridgehead atoms. The third-order valence-corrected chi connectivity index (χ3v) is 2.56. The highest BCUT2D eigenvalue weighted by Crippen LogP contribution is 2.25. The molecule has 4 nitrogen and oxygen atoms in total. The Labute approximate surface area is 99.9 Å². The smallest absolute Gasteiger partial charge is 0.173 e. The Morgan fingerprint density at radius 3 is 2.71 bits per heavy atom. The summed E-state index contributed by atoms with van der Waals surface area (Å²) in [5.74, 6) is -0.242. The second-order valence-electron chi connectivity index (χ2n) is 4.34. The van der Waals surface area contributed by atoms with Crippen LogP contribution in [0.5, 0.6) is 5.75 Å². The first-order valence-corrected chi connectivity index (χ1v) is 5.36. The summed E-state index contributed by atoms with van der Waals surface area (Å²) in [4.78, 5) is 0. The minimum absolute atomic E-state index is 0.175. The number of hydrogen-bond acceptors (Lipinski definition) is 3. The van der Waals surface area contributed by atoms with E-state index in [-0.39, 0.29) is 11.4 Å². The van der Waals surface area contributed by atoms with Gasteiger partial charge in [0.2, 0.25) is 0 Å². The first-order chi connectivity index (χ1) is 7.89. The second kappa shape index (κ2) is 5.03. The van der Waals surface area contributed by atoms with E-state index >= 15 is 0 Å². The number of rotatable bonds is 4. The van der Waals surface area contributed by atoms with E-state index in [0.29, 0.717) is 5.75 Å². The van der Waals surface area contributed by atoms with Gasteiger partial charge in [-0.25, -0.2) is 4.39 Å². The zero-order valence-corrected chi connectivity index (χ0v) is 10.2. The van der Waals surface area contributed by atoms with Gasteiger partial charge in [0, 0.05) is 0 Å². The molecule has 0 fully saturated rings. The van der Waals surface area contributed by atoms with E-state index < -0.39 is 11.4 Å². The molecule has 5 heteroatoms. The molecular weight excluding hydrogens is 223 g/mol. The highest BCUT2D eigenvalue weighted by atomic mass is 19.1. The molecule has 0 saturated carbocycles. The van der Waals surface area contributed by atoms with Crippen LogP contribution in [0.4, 0.5) is 4.39 Å². The van der Waals surface area contributed by atoms with Crippen LogP contribution in [0, 0.1) is 5.82 Å². The van der Waals surface area contributed by atoms with Crippen molar-refractivity contribution >= 4 is 5.84 Å². The molecule has 3 N–H and O–H groups in total. The van der Waals surface area contributed by atoms with Crippen LogP contribution in [0.2, 0.25) is 0 Å². The van der Waals surface area contributed by atoms with Gasteiger partial charge in [-0.2, -0.15) is 0 Å². The molecular formula is C12H17FN2O2. The number of halogens is 1. The number of nitrogens with two attached hydrogens (primary N) is 1. The molecule has 0 aliphatic carbocycles. The van der Waals surface area contributed by atoms with Crippen molar-refractivity contribution in [3.05, 3.63) is 29.6 Å². The third kappa shape index (κ3) is 3.34. The molecule has 1 rings (SSSR count). The fraction of sp³-hybridized carbons (Fsp3) is 0.417. The maximum Gasteiger partial charge on any atom is 0.173 e. The highest BCUT2D eigenvalue weighted by molar-refractivity contribution is 5.99. The Morgan fingerprint density at radius 2 is 2.18 bits per heavy atom. The van der Waals surface area contributed by atoms with Crippen molar-refractivity contribution in [3.63, 3.8) is 0 Å². The maximum absolute atomic E-state index is 13.1. The van der Waals surface area contributed by atoms with Crippen LogP contribution in [0.1, 0.15) is 32.8 Å². The van der Waals surface area contributed by atoms with E-state index in [0.717, 1.165) is 6.42 Å². The van der Waals surface area contributed by atoms with E-state index in [1.54, 1.807) is 0 Å². The minimum Gasteiger partial charge on any atom is -0.487 e. The van der Waals surface area contributed by atoms with Gasteiger partial charge in [-0.1, -0.05) is 12.1 Å². The maximum atomic E-state index is 13.1. The van der Waals surface area contributed by atoms with Crippen LogP contribution < -0.4 is 10.5 Å². The van der Waals surface area contributed by atoms with Gasteiger partial charge in [-0.15, -0.1) is 0 Å². The zero-order chi connectivity index (χ0) is 13.1. The lowest BCUT2D eigenvalue weighted by atomic mass is 10.1. The molecule has 94 valence electrons. The van der Waals surface area contributed by atoms with Crippen molar-refractivity contribution in [2.24, 2.45) is 10.9 Å². The second-order valence-corrected chi connectivity index (χ2v) is 4.34. The molecule has 0 aliphatic rings. The number of hydrogen-bond donors (Lipinski definition) is 2. The van der Waals surface area contributed by atoms with Crippen molar-refractivity contribution in [3.8, 4) is 5.75 Å². The molecule has 1 aromatic rings. The first-order valence-electron chi connectivity index (χ1n) is 5.36. The van der Waals surface area contributed by atoms with Crippen molar-refractivity contribution in [1.82, 2.24) is 0 Å². The predicted octanol–water partition coefficient (Wildman–Crippen LogP) is 2.49. The Hall–Kier alpha value is -1.78. The molecule has 0 spiro atoms. The van der Waals surface area contributed by atoms with Gasteiger partial charge in [-0.05, 0) is 38.5 Å². The number of amidine groups is 1. The summed E-state index contributed by atoms with van der Waals surface area (Å²) in [5, 5.41) is 11.5. The summed E-state index contributed by atoms with van der Waals surface area (Å²) in [6.07, 6.45) is 0.778. The van der Waals surface area contributed by atoms with Crippen LogP contribution in [0.25, 0.3) is 0 Å². The van der Waals surface area contributed by atoms with Gasteiger partial charge < -0.3 is 15.7 Å². The summed E-state index contributed by atoms with van der Waals surface area (Å²) in [6.45, 7) is 5.80. The lowest BCUT2D eigenvalue weighted by molar-refractivity contribution is 0.105. The number of nitrogens with zero attached hydrogens (tertiary/aromatic N) is 1. The summed E-state index contributed by atoms with van der Waals surface area (Å²) in [6, 6.07) is 3.92. The topological polar surface area (TPSA) is 67.8 Å². The van der Waals surface area contributed by atoms with Gasteiger partial charge >= 0.3 is 0 Å². The van der Waals surface area contributed by atoms with Gasteiger partial charge in [0.1, 0.15) is 17.2 Å². The third-order valence-electron chi connectivity index (χ3n) is 2.56. The van der Waals surface area contributed by atoms with Crippen molar-refractivity contribution in [2.45, 2.75) is 32.8 Å². The van der Waals surface area contributed by atoms with Gasteiger partial charge in [0.15, 0.2) is 5.84 Å². The zero-order valence-electron chi connectivity index (χ0n) is 10.2. The Bertz CT molecular complexity index is 431. The Morgan fingerprint density at radius 1 is 1.53 bits per heavy atom. The van der Waals surface area contributed by atoms with Gasteiger partial charge in [0.05, 0.1) is 5.56 Å². The molecule has 0 aromatic heterocycles. The number of ether oxygens (including phenoxy) is 1. The molecule has 0 unspecified atom stereocenters. The molecule has 1 aromatic carbocycles.